The molecule has 0 unspecified atom stereocenters. The summed E-state index contributed by atoms with van der Waals surface area (Å²) in [5, 5.41) is 0. The van der Waals surface area contributed by atoms with Gasteiger partial charge < -0.3 is 14.9 Å². The van der Waals surface area contributed by atoms with Crippen molar-refractivity contribution in [3.05, 3.63) is 64.6 Å². The number of hydrogen-bond acceptors (Lipinski definition) is 4. The van der Waals surface area contributed by atoms with Gasteiger partial charge in [0.2, 0.25) is 10.0 Å². The minimum atomic E-state index is -3.55. The van der Waals surface area contributed by atoms with Crippen LogP contribution in [0.3, 0.4) is 0 Å². The van der Waals surface area contributed by atoms with E-state index in [1.54, 1.807) is 53.4 Å². The highest BCUT2D eigenvalue weighted by Crippen LogP contribution is 2.19. The molecule has 2 N–H and O–H groups in total. The number of H-pyrrole nitrogens is 2. The second-order valence-corrected chi connectivity index (χ2v) is 8.29. The molecule has 0 saturated carbocycles. The van der Waals surface area contributed by atoms with E-state index in [1.807, 2.05) is 0 Å². The van der Waals surface area contributed by atoms with Gasteiger partial charge in [-0.3, -0.25) is 4.79 Å². The summed E-state index contributed by atoms with van der Waals surface area (Å²) in [5.41, 5.74) is 1.33. The Bertz CT molecular complexity index is 1140. The van der Waals surface area contributed by atoms with Crippen LogP contribution in [0.4, 0.5) is 0 Å². The molecule has 8 nitrogen and oxygen atoms in total. The van der Waals surface area contributed by atoms with Crippen LogP contribution in [0.2, 0.25) is 0 Å². The van der Waals surface area contributed by atoms with Crippen molar-refractivity contribution in [1.82, 2.24) is 19.2 Å². The van der Waals surface area contributed by atoms with E-state index >= 15 is 0 Å². The third-order valence-electron chi connectivity index (χ3n) is 4.67. The number of aromatic nitrogens is 2. The van der Waals surface area contributed by atoms with Crippen LogP contribution in [0.5, 0.6) is 0 Å². The molecule has 27 heavy (non-hydrogen) atoms. The number of nitrogens with zero attached hydrogens (tertiary/aromatic N) is 2. The fraction of sp³-hybridized carbons (Fsp3) is 0.222. The maximum absolute atomic E-state index is 12.7. The third kappa shape index (κ3) is 3.26. The number of benzene rings is 2. The van der Waals surface area contributed by atoms with Crippen LogP contribution < -0.4 is 5.69 Å². The Morgan fingerprint density at radius 2 is 1.56 bits per heavy atom. The van der Waals surface area contributed by atoms with Crippen molar-refractivity contribution in [3.8, 4) is 0 Å². The summed E-state index contributed by atoms with van der Waals surface area (Å²) in [5.74, 6) is -0.185. The van der Waals surface area contributed by atoms with E-state index in [0.29, 0.717) is 29.7 Å². The van der Waals surface area contributed by atoms with E-state index in [0.717, 1.165) is 0 Å². The number of carbonyl (C=O) groups is 1. The van der Waals surface area contributed by atoms with Gasteiger partial charge in [0.05, 0.1) is 15.9 Å². The molecule has 1 fully saturated rings. The molecular weight excluding hydrogens is 368 g/mol. The van der Waals surface area contributed by atoms with E-state index in [1.165, 1.54) is 4.31 Å². The summed E-state index contributed by atoms with van der Waals surface area (Å²) >= 11 is 0. The van der Waals surface area contributed by atoms with Gasteiger partial charge in [0, 0.05) is 31.7 Å². The van der Waals surface area contributed by atoms with Crippen LogP contribution in [0.25, 0.3) is 11.0 Å². The Hall–Kier alpha value is -2.91. The maximum Gasteiger partial charge on any atom is 0.323 e. The smallest absolute Gasteiger partial charge is 0.323 e. The van der Waals surface area contributed by atoms with Gasteiger partial charge >= 0.3 is 5.69 Å². The average Bonchev–Trinajstić information content (AvgIpc) is 3.07. The number of fused-ring (bicyclic) bond motifs is 1. The molecule has 9 heteroatoms. The lowest BCUT2D eigenvalue weighted by Gasteiger charge is -2.34. The van der Waals surface area contributed by atoms with Crippen LogP contribution >= 0.6 is 0 Å². The number of nitrogens with one attached hydrogen (secondary N) is 2. The largest absolute Gasteiger partial charge is 0.336 e. The predicted molar refractivity (Wildman–Crippen MR) is 100 cm³/mol. The fourth-order valence-electron chi connectivity index (χ4n) is 3.22. The first kappa shape index (κ1) is 17.5. The summed E-state index contributed by atoms with van der Waals surface area (Å²) in [7, 11) is -3.55. The van der Waals surface area contributed by atoms with Crippen molar-refractivity contribution >= 4 is 27.0 Å². The van der Waals surface area contributed by atoms with Gasteiger partial charge in [-0.2, -0.15) is 4.31 Å². The van der Waals surface area contributed by atoms with Crippen molar-refractivity contribution < 1.29 is 13.2 Å². The van der Waals surface area contributed by atoms with Crippen molar-refractivity contribution in [1.29, 1.82) is 0 Å². The zero-order valence-electron chi connectivity index (χ0n) is 14.4. The maximum atomic E-state index is 12.7. The van der Waals surface area contributed by atoms with Gasteiger partial charge in [0.1, 0.15) is 0 Å². The molecule has 1 saturated heterocycles. The molecule has 1 aliphatic heterocycles. The van der Waals surface area contributed by atoms with Crippen molar-refractivity contribution in [2.45, 2.75) is 4.90 Å². The lowest BCUT2D eigenvalue weighted by molar-refractivity contribution is 0.0698. The van der Waals surface area contributed by atoms with E-state index < -0.39 is 10.0 Å². The SMILES string of the molecule is O=C(c1ccc2[nH]c(=O)[nH]c2c1)N1CCN(S(=O)(=O)c2ccccc2)CC1. The lowest BCUT2D eigenvalue weighted by Crippen LogP contribution is -2.50. The van der Waals surface area contributed by atoms with Gasteiger partial charge in [-0.1, -0.05) is 18.2 Å². The zero-order valence-corrected chi connectivity index (χ0v) is 15.2. The van der Waals surface area contributed by atoms with Crippen molar-refractivity contribution in [3.63, 3.8) is 0 Å². The zero-order chi connectivity index (χ0) is 19.0. The van der Waals surface area contributed by atoms with Crippen LogP contribution in [0.15, 0.2) is 58.2 Å². The number of imidazole rings is 1. The third-order valence-corrected chi connectivity index (χ3v) is 6.58. The quantitative estimate of drug-likeness (QED) is 0.700. The molecule has 0 radical (unpaired) electrons. The van der Waals surface area contributed by atoms with E-state index in [2.05, 4.69) is 9.97 Å². The predicted octanol–water partition coefficient (Wildman–Crippen LogP) is 1.00. The molecule has 140 valence electrons. The number of carbonyl (C=O) groups excluding carboxylic acids is 1. The first-order valence-corrected chi connectivity index (χ1v) is 9.96. The number of piperazine rings is 1. The minimum Gasteiger partial charge on any atom is -0.336 e. The van der Waals surface area contributed by atoms with Crippen LogP contribution in [0.1, 0.15) is 10.4 Å². The first-order valence-electron chi connectivity index (χ1n) is 8.52. The normalized spacial score (nSPS) is 15.9. The number of rotatable bonds is 3. The van der Waals surface area contributed by atoms with E-state index in [-0.39, 0.29) is 29.6 Å². The second-order valence-electron chi connectivity index (χ2n) is 6.35. The van der Waals surface area contributed by atoms with E-state index in [9.17, 15) is 18.0 Å². The molecule has 1 aliphatic rings. The Kier molecular flexibility index (Phi) is 4.33. The van der Waals surface area contributed by atoms with Gasteiger partial charge in [-0.25, -0.2) is 13.2 Å². The molecule has 0 aliphatic carbocycles. The molecule has 4 rings (SSSR count). The second kappa shape index (κ2) is 6.67. The average molecular weight is 386 g/mol. The minimum absolute atomic E-state index is 0.185. The molecule has 0 bridgehead atoms. The van der Waals surface area contributed by atoms with Gasteiger partial charge in [0.15, 0.2) is 0 Å². The topological polar surface area (TPSA) is 106 Å². The van der Waals surface area contributed by atoms with Crippen molar-refractivity contribution in [2.75, 3.05) is 26.2 Å². The molecular formula is C18H18N4O4S. The Balaban J connectivity index is 1.48. The number of hydrogen-bond donors (Lipinski definition) is 2. The van der Waals surface area contributed by atoms with Crippen LogP contribution in [0, 0.1) is 0 Å². The molecule has 2 aromatic carbocycles. The van der Waals surface area contributed by atoms with Gasteiger partial charge in [0.25, 0.3) is 5.91 Å². The lowest BCUT2D eigenvalue weighted by atomic mass is 10.1. The van der Waals surface area contributed by atoms with E-state index in [4.69, 9.17) is 0 Å². The highest BCUT2D eigenvalue weighted by molar-refractivity contribution is 7.89. The van der Waals surface area contributed by atoms with Gasteiger partial charge in [-0.05, 0) is 30.3 Å². The summed E-state index contributed by atoms with van der Waals surface area (Å²) < 4.78 is 26.7. The summed E-state index contributed by atoms with van der Waals surface area (Å²) in [6.45, 7) is 1.11. The Morgan fingerprint density at radius 1 is 0.889 bits per heavy atom. The molecule has 0 atom stereocenters. The standard InChI is InChI=1S/C18H18N4O4S/c23-17(13-6-7-15-16(12-13)20-18(24)19-15)21-8-10-22(11-9-21)27(25,26)14-4-2-1-3-5-14/h1-7,12H,8-11H2,(H2,19,20,24). The molecule has 3 aromatic rings. The Morgan fingerprint density at radius 3 is 2.26 bits per heavy atom. The molecule has 0 spiro atoms. The summed E-state index contributed by atoms with van der Waals surface area (Å²) in [6.07, 6.45) is 0. The summed E-state index contributed by atoms with van der Waals surface area (Å²) in [4.78, 5) is 31.2. The summed E-state index contributed by atoms with van der Waals surface area (Å²) in [6, 6.07) is 13.2. The molecule has 1 amide bonds. The number of aromatic amines is 2. The van der Waals surface area contributed by atoms with Gasteiger partial charge in [-0.15, -0.1) is 0 Å². The monoisotopic (exact) mass is 386 g/mol. The highest BCUT2D eigenvalue weighted by atomic mass is 32.2. The van der Waals surface area contributed by atoms with Crippen LogP contribution in [-0.4, -0.2) is 59.7 Å². The van der Waals surface area contributed by atoms with Crippen molar-refractivity contribution in [2.24, 2.45) is 0 Å². The molecule has 2 heterocycles. The number of sulfonamides is 1. The van der Waals surface area contributed by atoms with Crippen LogP contribution in [-0.2, 0) is 10.0 Å². The number of amides is 1. The fourth-order valence-corrected chi connectivity index (χ4v) is 4.66. The highest BCUT2D eigenvalue weighted by Gasteiger charge is 2.30. The first-order chi connectivity index (χ1) is 12.9. The molecule has 1 aromatic heterocycles. The Labute approximate surface area is 155 Å².